The molecule has 1 saturated carbocycles. The van der Waals surface area contributed by atoms with E-state index in [1.54, 1.807) is 12.1 Å². The minimum absolute atomic E-state index is 0.0349. The van der Waals surface area contributed by atoms with Gasteiger partial charge < -0.3 is 14.6 Å². The molecule has 1 aliphatic heterocycles. The Kier molecular flexibility index (Phi) is 5.59. The van der Waals surface area contributed by atoms with Crippen LogP contribution in [-0.4, -0.2) is 35.8 Å². The Balaban J connectivity index is 1.53. The quantitative estimate of drug-likeness (QED) is 0.900. The van der Waals surface area contributed by atoms with Crippen LogP contribution in [0.2, 0.25) is 0 Å². The lowest BCUT2D eigenvalue weighted by molar-refractivity contribution is -0.123. The molecule has 0 bridgehead atoms. The smallest absolute Gasteiger partial charge is 0.289 e. The van der Waals surface area contributed by atoms with Gasteiger partial charge in [-0.15, -0.1) is 0 Å². The van der Waals surface area contributed by atoms with Gasteiger partial charge in [0.2, 0.25) is 5.91 Å². The SMILES string of the molecule is CCC1CN(C(=O)c2ccco2)CCC1CC(=O)NC1CCCC1. The summed E-state index contributed by atoms with van der Waals surface area (Å²) < 4.78 is 5.23. The number of carbonyl (C=O) groups excluding carboxylic acids is 2. The molecular weight excluding hydrogens is 304 g/mol. The van der Waals surface area contributed by atoms with Gasteiger partial charge in [0.05, 0.1) is 6.26 Å². The fourth-order valence-electron chi connectivity index (χ4n) is 4.15. The second-order valence-corrected chi connectivity index (χ2v) is 7.20. The van der Waals surface area contributed by atoms with Gasteiger partial charge in [-0.05, 0) is 43.2 Å². The van der Waals surface area contributed by atoms with Crippen molar-refractivity contribution >= 4 is 11.8 Å². The first-order valence-electron chi connectivity index (χ1n) is 9.29. The van der Waals surface area contributed by atoms with Gasteiger partial charge in [-0.3, -0.25) is 9.59 Å². The van der Waals surface area contributed by atoms with Crippen LogP contribution in [0.15, 0.2) is 22.8 Å². The standard InChI is InChI=1S/C19H28N2O3/c1-2-14-13-21(19(23)17-8-5-11-24-17)10-9-15(14)12-18(22)20-16-6-3-4-7-16/h5,8,11,14-16H,2-4,6-7,9-10,12-13H2,1H3,(H,20,22). The molecule has 1 aromatic rings. The van der Waals surface area contributed by atoms with E-state index < -0.39 is 0 Å². The van der Waals surface area contributed by atoms with Crippen LogP contribution in [0, 0.1) is 11.8 Å². The number of piperidine rings is 1. The zero-order chi connectivity index (χ0) is 16.9. The summed E-state index contributed by atoms with van der Waals surface area (Å²) in [4.78, 5) is 26.6. The molecule has 1 aromatic heterocycles. The highest BCUT2D eigenvalue weighted by atomic mass is 16.3. The van der Waals surface area contributed by atoms with Crippen molar-refractivity contribution in [2.45, 2.75) is 57.9 Å². The molecule has 0 aromatic carbocycles. The number of nitrogens with one attached hydrogen (secondary N) is 1. The Morgan fingerprint density at radius 1 is 1.25 bits per heavy atom. The van der Waals surface area contributed by atoms with Crippen molar-refractivity contribution in [2.24, 2.45) is 11.8 Å². The van der Waals surface area contributed by atoms with Crippen molar-refractivity contribution in [3.63, 3.8) is 0 Å². The molecule has 5 nitrogen and oxygen atoms in total. The maximum Gasteiger partial charge on any atom is 0.289 e. The van der Waals surface area contributed by atoms with Gasteiger partial charge in [0.25, 0.3) is 5.91 Å². The van der Waals surface area contributed by atoms with Crippen molar-refractivity contribution in [3.05, 3.63) is 24.2 Å². The number of furan rings is 1. The summed E-state index contributed by atoms with van der Waals surface area (Å²) in [6, 6.07) is 3.84. The molecule has 2 amide bonds. The molecule has 2 heterocycles. The van der Waals surface area contributed by atoms with Crippen molar-refractivity contribution < 1.29 is 14.0 Å². The first kappa shape index (κ1) is 17.1. The molecule has 2 atom stereocenters. The highest BCUT2D eigenvalue weighted by Gasteiger charge is 2.33. The molecule has 132 valence electrons. The molecule has 0 spiro atoms. The molecule has 1 saturated heterocycles. The van der Waals surface area contributed by atoms with E-state index in [0.717, 1.165) is 32.2 Å². The third-order valence-corrected chi connectivity index (χ3v) is 5.60. The maximum absolute atomic E-state index is 12.4. The maximum atomic E-state index is 12.4. The second-order valence-electron chi connectivity index (χ2n) is 7.20. The van der Waals surface area contributed by atoms with Crippen LogP contribution in [0.4, 0.5) is 0 Å². The minimum Gasteiger partial charge on any atom is -0.459 e. The van der Waals surface area contributed by atoms with E-state index in [2.05, 4.69) is 12.2 Å². The Hall–Kier alpha value is -1.78. The Labute approximate surface area is 143 Å². The molecule has 3 rings (SSSR count). The molecule has 2 unspecified atom stereocenters. The summed E-state index contributed by atoms with van der Waals surface area (Å²) in [6.45, 7) is 3.57. The third kappa shape index (κ3) is 4.00. The average molecular weight is 332 g/mol. The van der Waals surface area contributed by atoms with Gasteiger partial charge in [0.15, 0.2) is 5.76 Å². The molecule has 5 heteroatoms. The van der Waals surface area contributed by atoms with Crippen molar-refractivity contribution in [1.82, 2.24) is 10.2 Å². The first-order chi connectivity index (χ1) is 11.7. The topological polar surface area (TPSA) is 62.6 Å². The second kappa shape index (κ2) is 7.86. The van der Waals surface area contributed by atoms with Crippen LogP contribution in [0.25, 0.3) is 0 Å². The van der Waals surface area contributed by atoms with E-state index in [0.29, 0.717) is 36.6 Å². The molecule has 24 heavy (non-hydrogen) atoms. The summed E-state index contributed by atoms with van der Waals surface area (Å²) in [5.74, 6) is 1.31. The lowest BCUT2D eigenvalue weighted by Gasteiger charge is -2.38. The number of rotatable bonds is 5. The summed E-state index contributed by atoms with van der Waals surface area (Å²) in [6.07, 6.45) is 8.72. The largest absolute Gasteiger partial charge is 0.459 e. The predicted octanol–water partition coefficient (Wildman–Crippen LogP) is 3.22. The van der Waals surface area contributed by atoms with E-state index in [-0.39, 0.29) is 11.8 Å². The van der Waals surface area contributed by atoms with Gasteiger partial charge in [-0.25, -0.2) is 0 Å². The predicted molar refractivity (Wildman–Crippen MR) is 91.5 cm³/mol. The molecule has 2 aliphatic rings. The van der Waals surface area contributed by atoms with Gasteiger partial charge >= 0.3 is 0 Å². The van der Waals surface area contributed by atoms with Crippen molar-refractivity contribution in [3.8, 4) is 0 Å². The Morgan fingerprint density at radius 3 is 2.71 bits per heavy atom. The van der Waals surface area contributed by atoms with E-state index in [4.69, 9.17) is 4.42 Å². The Morgan fingerprint density at radius 2 is 2.04 bits per heavy atom. The number of carbonyl (C=O) groups is 2. The van der Waals surface area contributed by atoms with Gasteiger partial charge in [-0.2, -0.15) is 0 Å². The Bertz CT molecular complexity index is 549. The number of nitrogens with zero attached hydrogens (tertiary/aromatic N) is 1. The highest BCUT2D eigenvalue weighted by molar-refractivity contribution is 5.91. The van der Waals surface area contributed by atoms with Crippen LogP contribution in [-0.2, 0) is 4.79 Å². The van der Waals surface area contributed by atoms with Gasteiger partial charge in [0, 0.05) is 25.6 Å². The number of likely N-dealkylation sites (tertiary alicyclic amines) is 1. The fraction of sp³-hybridized carbons (Fsp3) is 0.684. The van der Waals surface area contributed by atoms with Crippen molar-refractivity contribution in [1.29, 1.82) is 0 Å². The van der Waals surface area contributed by atoms with Gasteiger partial charge in [0.1, 0.15) is 0 Å². The summed E-state index contributed by atoms with van der Waals surface area (Å²) >= 11 is 0. The van der Waals surface area contributed by atoms with Crippen LogP contribution < -0.4 is 5.32 Å². The zero-order valence-corrected chi connectivity index (χ0v) is 14.5. The van der Waals surface area contributed by atoms with Crippen LogP contribution in [0.3, 0.4) is 0 Å². The van der Waals surface area contributed by atoms with E-state index in [1.807, 2.05) is 4.90 Å². The lowest BCUT2D eigenvalue weighted by Crippen LogP contribution is -2.45. The number of amides is 2. The van der Waals surface area contributed by atoms with Crippen LogP contribution in [0.5, 0.6) is 0 Å². The summed E-state index contributed by atoms with van der Waals surface area (Å²) in [5.41, 5.74) is 0. The zero-order valence-electron chi connectivity index (χ0n) is 14.5. The van der Waals surface area contributed by atoms with Crippen LogP contribution >= 0.6 is 0 Å². The van der Waals surface area contributed by atoms with E-state index in [9.17, 15) is 9.59 Å². The van der Waals surface area contributed by atoms with E-state index in [1.165, 1.54) is 19.1 Å². The fourth-order valence-corrected chi connectivity index (χ4v) is 4.15. The molecule has 1 N–H and O–H groups in total. The van der Waals surface area contributed by atoms with Gasteiger partial charge in [-0.1, -0.05) is 26.2 Å². The number of hydrogen-bond donors (Lipinski definition) is 1. The first-order valence-corrected chi connectivity index (χ1v) is 9.29. The molecular formula is C19H28N2O3. The number of hydrogen-bond acceptors (Lipinski definition) is 3. The highest BCUT2D eigenvalue weighted by Crippen LogP contribution is 2.30. The molecule has 1 aliphatic carbocycles. The monoisotopic (exact) mass is 332 g/mol. The molecule has 0 radical (unpaired) electrons. The van der Waals surface area contributed by atoms with Crippen LogP contribution in [0.1, 0.15) is 62.4 Å². The van der Waals surface area contributed by atoms with E-state index >= 15 is 0 Å². The summed E-state index contributed by atoms with van der Waals surface area (Å²) in [7, 11) is 0. The normalized spacial score (nSPS) is 25.0. The lowest BCUT2D eigenvalue weighted by atomic mass is 9.81. The average Bonchev–Trinajstić information content (AvgIpc) is 3.28. The van der Waals surface area contributed by atoms with Crippen molar-refractivity contribution in [2.75, 3.05) is 13.1 Å². The summed E-state index contributed by atoms with van der Waals surface area (Å²) in [5, 5.41) is 3.19. The minimum atomic E-state index is -0.0349. The third-order valence-electron chi connectivity index (χ3n) is 5.60. The molecule has 2 fully saturated rings.